The van der Waals surface area contributed by atoms with Crippen LogP contribution in [0.4, 0.5) is 0 Å². The monoisotopic (exact) mass is 258 g/mol. The summed E-state index contributed by atoms with van der Waals surface area (Å²) in [5, 5.41) is 10.3. The molecule has 0 aromatic heterocycles. The lowest BCUT2D eigenvalue weighted by atomic mass is 9.94. The van der Waals surface area contributed by atoms with Crippen LogP contribution in [-0.2, 0) is 9.16 Å². The Balaban J connectivity index is 2.90. The molecule has 1 N–H and O–H groups in total. The topological polar surface area (TPSA) is 38.7 Å². The zero-order chi connectivity index (χ0) is 13.1. The lowest BCUT2D eigenvalue weighted by molar-refractivity contribution is -0.0959. The minimum Gasteiger partial charge on any atom is -0.496 e. The first-order chi connectivity index (χ1) is 7.93. The normalized spacial score (nSPS) is 33.5. The lowest BCUT2D eigenvalue weighted by Crippen LogP contribution is -2.55. The highest BCUT2D eigenvalue weighted by atomic mass is 28.4. The Kier molecular flexibility index (Phi) is 4.81. The summed E-state index contributed by atoms with van der Waals surface area (Å²) < 4.78 is 11.7. The van der Waals surface area contributed by atoms with E-state index in [0.717, 1.165) is 18.1 Å². The van der Waals surface area contributed by atoms with Gasteiger partial charge in [0.1, 0.15) is 17.8 Å². The Morgan fingerprint density at radius 1 is 1.29 bits per heavy atom. The first kappa shape index (κ1) is 14.7. The summed E-state index contributed by atoms with van der Waals surface area (Å²) in [6.45, 7) is 10.4. The molecule has 0 aromatic carbocycles. The van der Waals surface area contributed by atoms with Crippen molar-refractivity contribution in [3.8, 4) is 0 Å². The van der Waals surface area contributed by atoms with Crippen molar-refractivity contribution < 1.29 is 14.3 Å². The van der Waals surface area contributed by atoms with E-state index in [4.69, 9.17) is 9.16 Å². The molecule has 1 heterocycles. The van der Waals surface area contributed by atoms with E-state index in [0.29, 0.717) is 0 Å². The van der Waals surface area contributed by atoms with E-state index >= 15 is 0 Å². The zero-order valence-electron chi connectivity index (χ0n) is 11.7. The summed E-state index contributed by atoms with van der Waals surface area (Å²) in [6.07, 6.45) is 2.73. The molecule has 3 atom stereocenters. The number of hydrogen-bond donors (Lipinski definition) is 1. The minimum absolute atomic E-state index is 0.206. The average Bonchev–Trinajstić information content (AvgIpc) is 2.33. The zero-order valence-corrected chi connectivity index (χ0v) is 12.7. The van der Waals surface area contributed by atoms with E-state index in [9.17, 15) is 5.11 Å². The molecule has 0 bridgehead atoms. The van der Waals surface area contributed by atoms with Crippen LogP contribution in [0, 0.1) is 0 Å². The third-order valence-electron chi connectivity index (χ3n) is 4.09. The van der Waals surface area contributed by atoms with E-state index in [1.165, 1.54) is 0 Å². The van der Waals surface area contributed by atoms with Crippen molar-refractivity contribution in [3.63, 3.8) is 0 Å². The summed E-state index contributed by atoms with van der Waals surface area (Å²) in [5.74, 6) is 0. The average molecular weight is 258 g/mol. The van der Waals surface area contributed by atoms with Crippen molar-refractivity contribution in [2.45, 2.75) is 70.6 Å². The third kappa shape index (κ3) is 2.92. The molecule has 0 fully saturated rings. The van der Waals surface area contributed by atoms with Crippen LogP contribution in [0.3, 0.4) is 0 Å². The van der Waals surface area contributed by atoms with Gasteiger partial charge in [0.2, 0.25) is 0 Å². The summed E-state index contributed by atoms with van der Waals surface area (Å²) in [6, 6.07) is 3.27. The minimum atomic E-state index is -1.72. The molecular formula is C13H26O3Si. The third-order valence-corrected chi connectivity index (χ3v) is 8.83. The molecule has 1 rings (SSSR count). The standard InChI is InChI=1S/C13H26O3Si/c1-6-17(7-2,8-3)16-13(5)9-10-15-11(4)12(13)14/h9-12,14H,6-8H2,1-5H3/t11-,12-,13-/m0/s1. The van der Waals surface area contributed by atoms with Gasteiger partial charge in [-0.25, -0.2) is 0 Å². The van der Waals surface area contributed by atoms with E-state index in [-0.39, 0.29) is 6.10 Å². The van der Waals surface area contributed by atoms with Crippen molar-refractivity contribution in [3.05, 3.63) is 12.3 Å². The Labute approximate surface area is 106 Å². The fourth-order valence-electron chi connectivity index (χ4n) is 2.46. The van der Waals surface area contributed by atoms with Gasteiger partial charge in [0.25, 0.3) is 0 Å². The maximum atomic E-state index is 10.3. The van der Waals surface area contributed by atoms with Gasteiger partial charge in [-0.2, -0.15) is 0 Å². The maximum Gasteiger partial charge on any atom is 0.193 e. The van der Waals surface area contributed by atoms with Gasteiger partial charge in [-0.1, -0.05) is 20.8 Å². The Bertz CT molecular complexity index is 268. The molecule has 3 nitrogen and oxygen atoms in total. The highest BCUT2D eigenvalue weighted by molar-refractivity contribution is 6.73. The van der Waals surface area contributed by atoms with Gasteiger partial charge in [-0.05, 0) is 38.1 Å². The fraction of sp³-hybridized carbons (Fsp3) is 0.846. The van der Waals surface area contributed by atoms with Crippen LogP contribution >= 0.6 is 0 Å². The molecule has 17 heavy (non-hydrogen) atoms. The van der Waals surface area contributed by atoms with Gasteiger partial charge in [-0.3, -0.25) is 0 Å². The number of ether oxygens (including phenoxy) is 1. The second-order valence-corrected chi connectivity index (χ2v) is 9.81. The van der Waals surface area contributed by atoms with Crippen LogP contribution < -0.4 is 0 Å². The van der Waals surface area contributed by atoms with Gasteiger partial charge in [-0.15, -0.1) is 0 Å². The van der Waals surface area contributed by atoms with E-state index in [2.05, 4.69) is 20.8 Å². The smallest absolute Gasteiger partial charge is 0.193 e. The van der Waals surface area contributed by atoms with Gasteiger partial charge >= 0.3 is 0 Å². The number of aliphatic hydroxyl groups excluding tert-OH is 1. The molecular weight excluding hydrogens is 232 g/mol. The van der Waals surface area contributed by atoms with E-state index in [1.54, 1.807) is 6.26 Å². The molecule has 0 saturated carbocycles. The Morgan fingerprint density at radius 2 is 1.82 bits per heavy atom. The fourth-order valence-corrected chi connectivity index (χ4v) is 5.52. The van der Waals surface area contributed by atoms with Crippen LogP contribution in [-0.4, -0.2) is 31.2 Å². The first-order valence-corrected chi connectivity index (χ1v) is 9.17. The van der Waals surface area contributed by atoms with Crippen LogP contribution in [0.2, 0.25) is 18.1 Å². The summed E-state index contributed by atoms with van der Waals surface area (Å²) in [5.41, 5.74) is -0.591. The van der Waals surface area contributed by atoms with E-state index in [1.807, 2.05) is 19.9 Å². The molecule has 0 aromatic rings. The lowest BCUT2D eigenvalue weighted by Gasteiger charge is -2.44. The quantitative estimate of drug-likeness (QED) is 0.770. The molecule has 0 amide bonds. The van der Waals surface area contributed by atoms with Crippen molar-refractivity contribution in [2.75, 3.05) is 0 Å². The molecule has 1 aliphatic heterocycles. The Morgan fingerprint density at radius 3 is 2.29 bits per heavy atom. The predicted octanol–water partition coefficient (Wildman–Crippen LogP) is 3.06. The number of rotatable bonds is 5. The number of aliphatic hydroxyl groups is 1. The maximum absolute atomic E-state index is 10.3. The SMILES string of the molecule is CC[Si](CC)(CC)O[C@@]1(C)C=CO[C@@H](C)[C@@H]1O. The van der Waals surface area contributed by atoms with Crippen molar-refractivity contribution in [1.82, 2.24) is 0 Å². The molecule has 4 heteroatoms. The van der Waals surface area contributed by atoms with Gasteiger partial charge in [0.15, 0.2) is 8.32 Å². The summed E-state index contributed by atoms with van der Waals surface area (Å²) >= 11 is 0. The van der Waals surface area contributed by atoms with Crippen LogP contribution in [0.25, 0.3) is 0 Å². The van der Waals surface area contributed by atoms with Crippen LogP contribution in [0.1, 0.15) is 34.6 Å². The van der Waals surface area contributed by atoms with Gasteiger partial charge < -0.3 is 14.3 Å². The highest BCUT2D eigenvalue weighted by Gasteiger charge is 2.44. The van der Waals surface area contributed by atoms with Crippen molar-refractivity contribution >= 4 is 8.32 Å². The van der Waals surface area contributed by atoms with Crippen LogP contribution in [0.15, 0.2) is 12.3 Å². The second-order valence-electron chi connectivity index (χ2n) is 5.12. The van der Waals surface area contributed by atoms with Crippen LogP contribution in [0.5, 0.6) is 0 Å². The molecule has 0 aliphatic carbocycles. The molecule has 0 saturated heterocycles. The van der Waals surface area contributed by atoms with Gasteiger partial charge in [0, 0.05) is 0 Å². The van der Waals surface area contributed by atoms with Crippen molar-refractivity contribution in [2.24, 2.45) is 0 Å². The molecule has 0 unspecified atom stereocenters. The Hall–Kier alpha value is -0.323. The molecule has 0 radical (unpaired) electrons. The highest BCUT2D eigenvalue weighted by Crippen LogP contribution is 2.34. The molecule has 100 valence electrons. The molecule has 0 spiro atoms. The number of hydrogen-bond acceptors (Lipinski definition) is 3. The second kappa shape index (κ2) is 5.55. The summed E-state index contributed by atoms with van der Waals surface area (Å²) in [4.78, 5) is 0. The predicted molar refractivity (Wildman–Crippen MR) is 72.4 cm³/mol. The van der Waals surface area contributed by atoms with Crippen molar-refractivity contribution in [1.29, 1.82) is 0 Å². The van der Waals surface area contributed by atoms with E-state index < -0.39 is 20.0 Å². The largest absolute Gasteiger partial charge is 0.496 e. The first-order valence-electron chi connectivity index (χ1n) is 6.64. The summed E-state index contributed by atoms with van der Waals surface area (Å²) in [7, 11) is -1.72. The van der Waals surface area contributed by atoms with Gasteiger partial charge in [0.05, 0.1) is 6.26 Å². The molecule has 1 aliphatic rings.